The molecule has 0 bridgehead atoms. The van der Waals surface area contributed by atoms with E-state index < -0.39 is 5.97 Å². The van der Waals surface area contributed by atoms with Gasteiger partial charge < -0.3 is 10.4 Å². The van der Waals surface area contributed by atoms with Crippen LogP contribution >= 0.6 is 0 Å². The van der Waals surface area contributed by atoms with Gasteiger partial charge in [-0.1, -0.05) is 6.42 Å². The maximum absolute atomic E-state index is 11.0. The van der Waals surface area contributed by atoms with E-state index in [1.165, 1.54) is 19.3 Å². The summed E-state index contributed by atoms with van der Waals surface area (Å²) in [6, 6.07) is 1.00. The van der Waals surface area contributed by atoms with E-state index in [1.807, 2.05) is 7.05 Å². The molecule has 0 aromatic carbocycles. The molecule has 2 atom stereocenters. The van der Waals surface area contributed by atoms with E-state index in [0.29, 0.717) is 12.1 Å². The molecule has 15 heavy (non-hydrogen) atoms. The van der Waals surface area contributed by atoms with Crippen LogP contribution in [0.25, 0.3) is 0 Å². The largest absolute Gasteiger partial charge is 0.481 e. The third-order valence-corrected chi connectivity index (χ3v) is 3.83. The number of carboxylic acid groups (broad SMARTS) is 1. The van der Waals surface area contributed by atoms with Crippen molar-refractivity contribution in [2.45, 2.75) is 37.8 Å². The van der Waals surface area contributed by atoms with Crippen molar-refractivity contribution in [2.75, 3.05) is 20.1 Å². The van der Waals surface area contributed by atoms with E-state index in [1.54, 1.807) is 0 Å². The van der Waals surface area contributed by atoms with Crippen LogP contribution in [-0.4, -0.2) is 48.2 Å². The number of carbonyl (C=O) groups is 1. The molecule has 1 aliphatic heterocycles. The van der Waals surface area contributed by atoms with E-state index in [0.717, 1.165) is 19.5 Å². The lowest BCUT2D eigenvalue weighted by atomic mass is 9.86. The Bertz CT molecular complexity index is 241. The third-order valence-electron chi connectivity index (χ3n) is 3.83. The number of hydrogen-bond donors (Lipinski definition) is 2. The Balaban J connectivity index is 1.96. The second kappa shape index (κ2) is 4.49. The molecule has 0 radical (unpaired) electrons. The minimum Gasteiger partial charge on any atom is -0.481 e. The van der Waals surface area contributed by atoms with E-state index in [9.17, 15) is 4.79 Å². The Hall–Kier alpha value is -0.610. The van der Waals surface area contributed by atoms with Crippen molar-refractivity contribution in [2.24, 2.45) is 5.92 Å². The van der Waals surface area contributed by atoms with Crippen LogP contribution in [0.5, 0.6) is 0 Å². The molecule has 2 fully saturated rings. The molecular formula is C11H20N2O2. The minimum absolute atomic E-state index is 0.184. The predicted molar refractivity (Wildman–Crippen MR) is 57.8 cm³/mol. The fraction of sp³-hybridized carbons (Fsp3) is 0.909. The van der Waals surface area contributed by atoms with Crippen LogP contribution < -0.4 is 5.32 Å². The molecule has 2 rings (SSSR count). The SMILES string of the molecule is CNC1CC(C(=O)O)CN(C2CCC2)C1. The molecule has 0 spiro atoms. The second-order valence-electron chi connectivity index (χ2n) is 4.80. The van der Waals surface area contributed by atoms with Crippen LogP contribution in [0.1, 0.15) is 25.7 Å². The summed E-state index contributed by atoms with van der Waals surface area (Å²) < 4.78 is 0. The fourth-order valence-corrected chi connectivity index (χ4v) is 2.57. The average Bonchev–Trinajstić information content (AvgIpc) is 2.14. The van der Waals surface area contributed by atoms with Crippen molar-refractivity contribution < 1.29 is 9.90 Å². The number of nitrogens with zero attached hydrogens (tertiary/aromatic N) is 1. The first kappa shape index (κ1) is 10.9. The maximum atomic E-state index is 11.0. The van der Waals surface area contributed by atoms with Crippen LogP contribution in [-0.2, 0) is 4.79 Å². The van der Waals surface area contributed by atoms with Gasteiger partial charge >= 0.3 is 5.97 Å². The molecule has 2 aliphatic rings. The number of aliphatic carboxylic acids is 1. The van der Waals surface area contributed by atoms with Gasteiger partial charge in [-0.25, -0.2) is 0 Å². The van der Waals surface area contributed by atoms with Crippen molar-refractivity contribution in [3.8, 4) is 0 Å². The van der Waals surface area contributed by atoms with Crippen molar-refractivity contribution >= 4 is 5.97 Å². The summed E-state index contributed by atoms with van der Waals surface area (Å²) in [5.41, 5.74) is 0. The highest BCUT2D eigenvalue weighted by atomic mass is 16.4. The molecule has 2 N–H and O–H groups in total. The first-order valence-corrected chi connectivity index (χ1v) is 5.85. The lowest BCUT2D eigenvalue weighted by Gasteiger charge is -2.44. The zero-order valence-electron chi connectivity index (χ0n) is 9.28. The quantitative estimate of drug-likeness (QED) is 0.716. The van der Waals surface area contributed by atoms with Crippen LogP contribution in [0.3, 0.4) is 0 Å². The van der Waals surface area contributed by atoms with Crippen molar-refractivity contribution in [3.05, 3.63) is 0 Å². The van der Waals surface area contributed by atoms with E-state index in [2.05, 4.69) is 10.2 Å². The van der Waals surface area contributed by atoms with Gasteiger partial charge in [0.2, 0.25) is 0 Å². The summed E-state index contributed by atoms with van der Waals surface area (Å²) in [7, 11) is 1.92. The summed E-state index contributed by atoms with van der Waals surface area (Å²) in [5, 5.41) is 12.3. The first-order valence-electron chi connectivity index (χ1n) is 5.85. The molecule has 0 amide bonds. The highest BCUT2D eigenvalue weighted by Crippen LogP contribution is 2.29. The first-order chi connectivity index (χ1) is 7.20. The number of rotatable bonds is 3. The number of carboxylic acids is 1. The third kappa shape index (κ3) is 2.32. The standard InChI is InChI=1S/C11H20N2O2/c1-12-9-5-8(11(14)15)6-13(7-9)10-3-2-4-10/h8-10,12H,2-7H2,1H3,(H,14,15). The number of likely N-dealkylation sites (N-methyl/N-ethyl adjacent to an activating group) is 1. The zero-order chi connectivity index (χ0) is 10.8. The molecule has 2 unspecified atom stereocenters. The number of piperidine rings is 1. The van der Waals surface area contributed by atoms with Crippen LogP contribution in [0.4, 0.5) is 0 Å². The molecule has 4 nitrogen and oxygen atoms in total. The van der Waals surface area contributed by atoms with E-state index in [-0.39, 0.29) is 5.92 Å². The van der Waals surface area contributed by atoms with Crippen LogP contribution in [0.2, 0.25) is 0 Å². The minimum atomic E-state index is -0.640. The number of hydrogen-bond acceptors (Lipinski definition) is 3. The summed E-state index contributed by atoms with van der Waals surface area (Å²) in [4.78, 5) is 13.4. The summed E-state index contributed by atoms with van der Waals surface area (Å²) in [6.45, 7) is 1.77. The molecule has 1 heterocycles. The van der Waals surface area contributed by atoms with Crippen molar-refractivity contribution in [1.82, 2.24) is 10.2 Å². The predicted octanol–water partition coefficient (Wildman–Crippen LogP) is 0.533. The Morgan fingerprint density at radius 2 is 2.13 bits per heavy atom. The number of likely N-dealkylation sites (tertiary alicyclic amines) is 1. The summed E-state index contributed by atoms with van der Waals surface area (Å²) in [6.07, 6.45) is 4.59. The smallest absolute Gasteiger partial charge is 0.307 e. The Morgan fingerprint density at radius 1 is 1.40 bits per heavy atom. The summed E-state index contributed by atoms with van der Waals surface area (Å²) >= 11 is 0. The molecular weight excluding hydrogens is 192 g/mol. The van der Waals surface area contributed by atoms with Crippen molar-refractivity contribution in [3.63, 3.8) is 0 Å². The molecule has 0 aromatic rings. The molecule has 1 saturated heterocycles. The van der Waals surface area contributed by atoms with E-state index >= 15 is 0 Å². The zero-order valence-corrected chi connectivity index (χ0v) is 9.28. The maximum Gasteiger partial charge on any atom is 0.307 e. The molecule has 0 aromatic heterocycles. The van der Waals surface area contributed by atoms with Gasteiger partial charge in [0, 0.05) is 25.2 Å². The Labute approximate surface area is 90.6 Å². The second-order valence-corrected chi connectivity index (χ2v) is 4.80. The van der Waals surface area contributed by atoms with Gasteiger partial charge in [0.25, 0.3) is 0 Å². The van der Waals surface area contributed by atoms with Gasteiger partial charge in [-0.05, 0) is 26.3 Å². The van der Waals surface area contributed by atoms with Gasteiger partial charge in [0.1, 0.15) is 0 Å². The Morgan fingerprint density at radius 3 is 2.60 bits per heavy atom. The highest BCUT2D eigenvalue weighted by Gasteiger charge is 2.35. The average molecular weight is 212 g/mol. The summed E-state index contributed by atoms with van der Waals surface area (Å²) in [5.74, 6) is -0.823. The monoisotopic (exact) mass is 212 g/mol. The van der Waals surface area contributed by atoms with Gasteiger partial charge in [-0.3, -0.25) is 9.69 Å². The van der Waals surface area contributed by atoms with E-state index in [4.69, 9.17) is 5.11 Å². The van der Waals surface area contributed by atoms with Gasteiger partial charge in [-0.15, -0.1) is 0 Å². The van der Waals surface area contributed by atoms with Gasteiger partial charge in [0.05, 0.1) is 5.92 Å². The van der Waals surface area contributed by atoms with Crippen LogP contribution in [0.15, 0.2) is 0 Å². The lowest BCUT2D eigenvalue weighted by molar-refractivity contribution is -0.144. The highest BCUT2D eigenvalue weighted by molar-refractivity contribution is 5.70. The molecule has 1 saturated carbocycles. The Kier molecular flexibility index (Phi) is 3.26. The number of nitrogens with one attached hydrogen (secondary N) is 1. The topological polar surface area (TPSA) is 52.6 Å². The molecule has 1 aliphatic carbocycles. The van der Waals surface area contributed by atoms with Gasteiger partial charge in [0.15, 0.2) is 0 Å². The molecule has 86 valence electrons. The lowest BCUT2D eigenvalue weighted by Crippen LogP contribution is -2.55. The molecule has 4 heteroatoms. The van der Waals surface area contributed by atoms with Crippen LogP contribution in [0, 0.1) is 5.92 Å². The normalized spacial score (nSPS) is 33.7. The fourth-order valence-electron chi connectivity index (χ4n) is 2.57. The van der Waals surface area contributed by atoms with Crippen molar-refractivity contribution in [1.29, 1.82) is 0 Å². The van der Waals surface area contributed by atoms with Gasteiger partial charge in [-0.2, -0.15) is 0 Å².